The van der Waals surface area contributed by atoms with Crippen molar-refractivity contribution in [1.29, 1.82) is 0 Å². The molecule has 2 nitrogen and oxygen atoms in total. The van der Waals surface area contributed by atoms with Crippen molar-refractivity contribution in [3.8, 4) is 0 Å². The van der Waals surface area contributed by atoms with Crippen molar-refractivity contribution in [3.63, 3.8) is 0 Å². The van der Waals surface area contributed by atoms with Crippen molar-refractivity contribution in [2.45, 2.75) is 77.7 Å². The highest BCUT2D eigenvalue weighted by atomic mass is 15.1. The standard InChI is InChI=1S/C19H38N2/c1-5-17-8-10-18(11-9-17)21(4)15-19(14-20-3)12-6-7-16(2)13-19/h16-18,20H,5-15H2,1-4H3. The predicted octanol–water partition coefficient (Wildman–Crippen LogP) is 4.30. The third-order valence-electron chi connectivity index (χ3n) is 6.34. The van der Waals surface area contributed by atoms with Crippen molar-refractivity contribution in [1.82, 2.24) is 10.2 Å². The van der Waals surface area contributed by atoms with Crippen LogP contribution in [0.15, 0.2) is 0 Å². The van der Waals surface area contributed by atoms with Crippen LogP contribution in [0, 0.1) is 17.3 Å². The first-order valence-corrected chi connectivity index (χ1v) is 9.43. The third-order valence-corrected chi connectivity index (χ3v) is 6.34. The van der Waals surface area contributed by atoms with E-state index in [-0.39, 0.29) is 0 Å². The van der Waals surface area contributed by atoms with Gasteiger partial charge in [-0.2, -0.15) is 0 Å². The highest BCUT2D eigenvalue weighted by Gasteiger charge is 2.37. The summed E-state index contributed by atoms with van der Waals surface area (Å²) in [4.78, 5) is 2.72. The van der Waals surface area contributed by atoms with Crippen LogP contribution in [0.2, 0.25) is 0 Å². The second-order valence-electron chi connectivity index (χ2n) is 8.23. The molecule has 0 heterocycles. The van der Waals surface area contributed by atoms with Gasteiger partial charge >= 0.3 is 0 Å². The second kappa shape index (κ2) is 7.97. The molecule has 0 aliphatic heterocycles. The van der Waals surface area contributed by atoms with Crippen molar-refractivity contribution in [2.75, 3.05) is 27.2 Å². The first-order valence-electron chi connectivity index (χ1n) is 9.43. The minimum absolute atomic E-state index is 0.531. The van der Waals surface area contributed by atoms with Crippen LogP contribution in [0.4, 0.5) is 0 Å². The van der Waals surface area contributed by atoms with Gasteiger partial charge in [-0.3, -0.25) is 0 Å². The zero-order chi connectivity index (χ0) is 15.3. The van der Waals surface area contributed by atoms with Gasteiger partial charge in [0.15, 0.2) is 0 Å². The Morgan fingerprint density at radius 3 is 2.43 bits per heavy atom. The van der Waals surface area contributed by atoms with Crippen LogP contribution in [-0.4, -0.2) is 38.1 Å². The molecule has 0 aromatic heterocycles. The Morgan fingerprint density at radius 2 is 1.86 bits per heavy atom. The number of nitrogens with zero attached hydrogens (tertiary/aromatic N) is 1. The Bertz CT molecular complexity index is 292. The van der Waals surface area contributed by atoms with Crippen LogP contribution in [0.25, 0.3) is 0 Å². The predicted molar refractivity (Wildman–Crippen MR) is 92.7 cm³/mol. The molecule has 0 radical (unpaired) electrons. The average molecular weight is 295 g/mol. The maximum absolute atomic E-state index is 3.50. The summed E-state index contributed by atoms with van der Waals surface area (Å²) in [7, 11) is 4.53. The molecular formula is C19H38N2. The SMILES string of the molecule is CCC1CCC(N(C)CC2(CNC)CCCC(C)C2)CC1. The summed E-state index contributed by atoms with van der Waals surface area (Å²) in [5, 5.41) is 3.50. The van der Waals surface area contributed by atoms with Gasteiger partial charge in [-0.1, -0.05) is 33.1 Å². The molecule has 2 rings (SSSR count). The van der Waals surface area contributed by atoms with Crippen LogP contribution in [-0.2, 0) is 0 Å². The lowest BCUT2D eigenvalue weighted by Crippen LogP contribution is -2.48. The van der Waals surface area contributed by atoms with E-state index in [1.54, 1.807) is 0 Å². The summed E-state index contributed by atoms with van der Waals surface area (Å²) in [6, 6.07) is 0.846. The van der Waals surface area contributed by atoms with E-state index in [4.69, 9.17) is 0 Å². The maximum Gasteiger partial charge on any atom is 0.00926 e. The summed E-state index contributed by atoms with van der Waals surface area (Å²) >= 11 is 0. The maximum atomic E-state index is 3.50. The van der Waals surface area contributed by atoms with Crippen LogP contribution >= 0.6 is 0 Å². The molecule has 1 N–H and O–H groups in total. The molecule has 2 unspecified atom stereocenters. The van der Waals surface area contributed by atoms with Gasteiger partial charge in [0.25, 0.3) is 0 Å². The first-order chi connectivity index (χ1) is 10.1. The average Bonchev–Trinajstić information content (AvgIpc) is 2.47. The molecule has 2 saturated carbocycles. The summed E-state index contributed by atoms with van der Waals surface area (Å²) in [5.41, 5.74) is 0.531. The van der Waals surface area contributed by atoms with E-state index in [2.05, 4.69) is 38.2 Å². The van der Waals surface area contributed by atoms with Crippen LogP contribution < -0.4 is 5.32 Å². The van der Waals surface area contributed by atoms with Crippen molar-refractivity contribution in [3.05, 3.63) is 0 Å². The molecule has 2 aliphatic carbocycles. The molecule has 0 spiro atoms. The zero-order valence-electron chi connectivity index (χ0n) is 15.0. The smallest absolute Gasteiger partial charge is 0.00926 e. The number of hydrogen-bond donors (Lipinski definition) is 1. The molecule has 0 amide bonds. The highest BCUT2D eigenvalue weighted by molar-refractivity contribution is 4.91. The topological polar surface area (TPSA) is 15.3 Å². The fraction of sp³-hybridized carbons (Fsp3) is 1.00. The molecule has 2 aliphatic rings. The molecule has 0 aromatic rings. The molecule has 2 heteroatoms. The summed E-state index contributed by atoms with van der Waals surface area (Å²) in [6.45, 7) is 7.32. The molecule has 0 saturated heterocycles. The summed E-state index contributed by atoms with van der Waals surface area (Å²) in [6.07, 6.45) is 12.9. The highest BCUT2D eigenvalue weighted by Crippen LogP contribution is 2.40. The molecule has 2 atom stereocenters. The Morgan fingerprint density at radius 1 is 1.14 bits per heavy atom. The lowest BCUT2D eigenvalue weighted by atomic mass is 9.69. The van der Waals surface area contributed by atoms with E-state index < -0.39 is 0 Å². The van der Waals surface area contributed by atoms with Gasteiger partial charge in [0.1, 0.15) is 0 Å². The van der Waals surface area contributed by atoms with Gasteiger partial charge < -0.3 is 10.2 Å². The number of nitrogens with one attached hydrogen (secondary N) is 1. The Hall–Kier alpha value is -0.0800. The summed E-state index contributed by atoms with van der Waals surface area (Å²) < 4.78 is 0. The number of hydrogen-bond acceptors (Lipinski definition) is 2. The first kappa shape index (κ1) is 17.3. The van der Waals surface area contributed by atoms with Gasteiger partial charge in [-0.05, 0) is 69.9 Å². The van der Waals surface area contributed by atoms with Gasteiger partial charge in [-0.15, -0.1) is 0 Å². The zero-order valence-corrected chi connectivity index (χ0v) is 15.0. The molecular weight excluding hydrogens is 256 g/mol. The molecule has 0 aromatic carbocycles. The van der Waals surface area contributed by atoms with Crippen molar-refractivity contribution < 1.29 is 0 Å². The second-order valence-corrected chi connectivity index (χ2v) is 8.23. The normalized spacial score (nSPS) is 37.9. The monoisotopic (exact) mass is 294 g/mol. The fourth-order valence-electron chi connectivity index (χ4n) is 5.16. The number of rotatable bonds is 6. The Kier molecular flexibility index (Phi) is 6.55. The molecule has 2 fully saturated rings. The van der Waals surface area contributed by atoms with Crippen molar-refractivity contribution in [2.24, 2.45) is 17.3 Å². The van der Waals surface area contributed by atoms with Gasteiger partial charge in [0, 0.05) is 19.1 Å². The van der Waals surface area contributed by atoms with Crippen LogP contribution in [0.1, 0.15) is 71.6 Å². The van der Waals surface area contributed by atoms with Crippen LogP contribution in [0.5, 0.6) is 0 Å². The van der Waals surface area contributed by atoms with E-state index in [0.717, 1.165) is 17.9 Å². The molecule has 124 valence electrons. The van der Waals surface area contributed by atoms with E-state index in [9.17, 15) is 0 Å². The summed E-state index contributed by atoms with van der Waals surface area (Å²) in [5.74, 6) is 1.92. The van der Waals surface area contributed by atoms with Crippen LogP contribution in [0.3, 0.4) is 0 Å². The van der Waals surface area contributed by atoms with Crippen molar-refractivity contribution >= 4 is 0 Å². The van der Waals surface area contributed by atoms with E-state index in [0.29, 0.717) is 5.41 Å². The van der Waals surface area contributed by atoms with E-state index >= 15 is 0 Å². The van der Waals surface area contributed by atoms with Gasteiger partial charge in [-0.25, -0.2) is 0 Å². The quantitative estimate of drug-likeness (QED) is 0.785. The molecule has 0 bridgehead atoms. The van der Waals surface area contributed by atoms with Gasteiger partial charge in [0.05, 0.1) is 0 Å². The largest absolute Gasteiger partial charge is 0.319 e. The Labute approximate surface area is 133 Å². The minimum atomic E-state index is 0.531. The van der Waals surface area contributed by atoms with E-state index in [1.807, 2.05) is 0 Å². The van der Waals surface area contributed by atoms with E-state index in [1.165, 1.54) is 70.9 Å². The lowest BCUT2D eigenvalue weighted by molar-refractivity contribution is 0.0587. The molecule has 21 heavy (non-hydrogen) atoms. The lowest BCUT2D eigenvalue weighted by Gasteiger charge is -2.45. The minimum Gasteiger partial charge on any atom is -0.319 e. The third kappa shape index (κ3) is 4.69. The fourth-order valence-corrected chi connectivity index (χ4v) is 5.16. The van der Waals surface area contributed by atoms with Gasteiger partial charge in [0.2, 0.25) is 0 Å². The Balaban J connectivity index is 1.90.